The van der Waals surface area contributed by atoms with E-state index in [-0.39, 0.29) is 6.17 Å². The summed E-state index contributed by atoms with van der Waals surface area (Å²) >= 11 is 1.72. The van der Waals surface area contributed by atoms with Crippen LogP contribution in [-0.2, 0) is 12.6 Å². The van der Waals surface area contributed by atoms with Gasteiger partial charge in [0.05, 0.1) is 1.37 Å². The molecule has 0 N–H and O–H groups in total. The topological polar surface area (TPSA) is 28.5 Å². The second-order valence-electron chi connectivity index (χ2n) is 7.63. The van der Waals surface area contributed by atoms with Crippen molar-refractivity contribution in [2.45, 2.75) is 45.5 Å². The number of hydrogen-bond donors (Lipinski definition) is 0. The molecule has 1 unspecified atom stereocenters. The molecule has 0 aliphatic carbocycles. The molecule has 2 aromatic heterocycles. The van der Waals surface area contributed by atoms with Crippen LogP contribution in [0, 0.1) is 6.92 Å². The zero-order chi connectivity index (χ0) is 22.9. The number of aromatic nitrogens is 1. The molecule has 0 spiro atoms. The lowest BCUT2D eigenvalue weighted by Crippen LogP contribution is -2.36. The fourth-order valence-corrected chi connectivity index (χ4v) is 4.78. The summed E-state index contributed by atoms with van der Waals surface area (Å²) in [7, 11) is 0. The molecule has 0 fully saturated rings. The predicted molar refractivity (Wildman–Crippen MR) is 121 cm³/mol. The van der Waals surface area contributed by atoms with Gasteiger partial charge in [0.25, 0.3) is 0 Å². The molecular formula is C24H24F3N3S. The van der Waals surface area contributed by atoms with E-state index >= 15 is 0 Å². The van der Waals surface area contributed by atoms with E-state index in [4.69, 9.17) is 1.37 Å². The Labute approximate surface area is 185 Å². The third-order valence-corrected chi connectivity index (χ3v) is 6.45. The molecule has 1 aliphatic rings. The van der Waals surface area contributed by atoms with Gasteiger partial charge in [0.2, 0.25) is 0 Å². The van der Waals surface area contributed by atoms with Crippen molar-refractivity contribution in [1.82, 2.24) is 4.98 Å². The molecule has 0 saturated carbocycles. The average molecular weight is 445 g/mol. The Morgan fingerprint density at radius 2 is 1.87 bits per heavy atom. The minimum atomic E-state index is -4.43. The van der Waals surface area contributed by atoms with Crippen molar-refractivity contribution in [2.75, 3.05) is 11.4 Å². The molecule has 3 nitrogen and oxygen atoms in total. The fraction of sp³-hybridized carbons (Fsp3) is 0.333. The van der Waals surface area contributed by atoms with Crippen LogP contribution in [0.1, 0.15) is 42.8 Å². The highest BCUT2D eigenvalue weighted by Crippen LogP contribution is 2.35. The van der Waals surface area contributed by atoms with Crippen LogP contribution in [0.4, 0.5) is 18.2 Å². The number of benzene rings is 1. The van der Waals surface area contributed by atoms with Crippen molar-refractivity contribution < 1.29 is 14.5 Å². The molecule has 3 heterocycles. The van der Waals surface area contributed by atoms with Gasteiger partial charge in [0, 0.05) is 34.9 Å². The van der Waals surface area contributed by atoms with Crippen molar-refractivity contribution in [3.8, 4) is 11.1 Å². The molecule has 162 valence electrons. The van der Waals surface area contributed by atoms with Gasteiger partial charge >= 0.3 is 6.18 Å². The van der Waals surface area contributed by atoms with Crippen molar-refractivity contribution >= 4 is 22.5 Å². The molecule has 0 saturated heterocycles. The zero-order valence-electron chi connectivity index (χ0n) is 18.4. The second kappa shape index (κ2) is 8.83. The van der Waals surface area contributed by atoms with Crippen molar-refractivity contribution in [1.29, 1.82) is 0 Å². The Bertz CT molecular complexity index is 1110. The quantitative estimate of drug-likeness (QED) is 0.421. The Hall–Kier alpha value is -2.67. The summed E-state index contributed by atoms with van der Waals surface area (Å²) in [5.74, 6) is 0. The zero-order valence-corrected chi connectivity index (χ0v) is 18.2. The first-order valence-corrected chi connectivity index (χ1v) is 11.1. The Morgan fingerprint density at radius 1 is 1.13 bits per heavy atom. The highest BCUT2D eigenvalue weighted by molar-refractivity contribution is 7.16. The van der Waals surface area contributed by atoms with Crippen LogP contribution in [-0.4, -0.2) is 23.9 Å². The molecule has 0 radical (unpaired) electrons. The van der Waals surface area contributed by atoms with Crippen molar-refractivity contribution in [3.05, 3.63) is 70.4 Å². The number of alkyl halides is 3. The first kappa shape index (κ1) is 20.2. The molecular weight excluding hydrogens is 419 g/mol. The van der Waals surface area contributed by atoms with E-state index in [1.807, 2.05) is 30.3 Å². The maximum Gasteiger partial charge on any atom is 0.433 e. The number of halogens is 3. The lowest BCUT2D eigenvalue weighted by molar-refractivity contribution is -0.141. The van der Waals surface area contributed by atoms with E-state index in [1.54, 1.807) is 11.3 Å². The van der Waals surface area contributed by atoms with Crippen molar-refractivity contribution in [3.63, 3.8) is 0 Å². The largest absolute Gasteiger partial charge is 0.433 e. The molecule has 1 aliphatic heterocycles. The van der Waals surface area contributed by atoms with Gasteiger partial charge in [-0.15, -0.1) is 11.3 Å². The van der Waals surface area contributed by atoms with Gasteiger partial charge in [0.15, 0.2) is 0 Å². The van der Waals surface area contributed by atoms with Gasteiger partial charge in [-0.25, -0.2) is 0 Å². The van der Waals surface area contributed by atoms with Crippen LogP contribution in [0.3, 0.4) is 0 Å². The van der Waals surface area contributed by atoms with Crippen LogP contribution in [0.15, 0.2) is 53.7 Å². The van der Waals surface area contributed by atoms with Crippen LogP contribution in [0.25, 0.3) is 11.1 Å². The lowest BCUT2D eigenvalue weighted by atomic mass is 10.0. The number of thiophene rings is 1. The summed E-state index contributed by atoms with van der Waals surface area (Å²) in [6, 6.07) is 12.4. The monoisotopic (exact) mass is 444 g/mol. The van der Waals surface area contributed by atoms with Gasteiger partial charge in [-0.1, -0.05) is 37.3 Å². The first-order chi connectivity index (χ1) is 15.3. The van der Waals surface area contributed by atoms with Gasteiger partial charge in [-0.3, -0.25) is 9.98 Å². The minimum absolute atomic E-state index is 0.00240. The maximum atomic E-state index is 12.7. The molecule has 31 heavy (non-hydrogen) atoms. The van der Waals surface area contributed by atoms with E-state index in [0.717, 1.165) is 48.0 Å². The number of fused-ring (bicyclic) bond motifs is 1. The summed E-state index contributed by atoms with van der Waals surface area (Å²) in [5, 5.41) is 1.14. The third-order valence-electron chi connectivity index (χ3n) is 5.36. The summed E-state index contributed by atoms with van der Waals surface area (Å²) in [6.07, 6.45) is -0.102. The smallest absolute Gasteiger partial charge is 0.341 e. The number of pyridine rings is 1. The Morgan fingerprint density at radius 3 is 2.52 bits per heavy atom. The van der Waals surface area contributed by atoms with Crippen LogP contribution in [0.5, 0.6) is 0 Å². The van der Waals surface area contributed by atoms with Gasteiger partial charge in [-0.2, -0.15) is 13.2 Å². The van der Waals surface area contributed by atoms with E-state index < -0.39 is 11.9 Å². The Balaban J connectivity index is 1.39. The lowest BCUT2D eigenvalue weighted by Gasteiger charge is -2.32. The number of anilines is 1. The van der Waals surface area contributed by atoms with Crippen LogP contribution in [0.2, 0.25) is 0 Å². The van der Waals surface area contributed by atoms with E-state index in [9.17, 15) is 13.2 Å². The fourth-order valence-electron chi connectivity index (χ4n) is 3.76. The summed E-state index contributed by atoms with van der Waals surface area (Å²) in [6.45, 7) is 5.00. The second-order valence-corrected chi connectivity index (χ2v) is 8.86. The molecule has 0 bridgehead atoms. The first-order valence-electron chi connectivity index (χ1n) is 10.8. The molecule has 0 amide bonds. The standard InChI is InChI=1S/C24H24F3N3S/c1-3-22-29-15-20-13-16(2)31-23(20)30(22)12-4-5-17-6-8-18(9-7-17)19-10-11-21(28-14-19)24(25,26)27/h6-11,13-15,22H,3-5,12H2,1-2H3/i15D. The van der Waals surface area contributed by atoms with Gasteiger partial charge in [0.1, 0.15) is 16.9 Å². The minimum Gasteiger partial charge on any atom is -0.341 e. The van der Waals surface area contributed by atoms with E-state index in [1.165, 1.54) is 22.7 Å². The summed E-state index contributed by atoms with van der Waals surface area (Å²) in [4.78, 5) is 11.6. The highest BCUT2D eigenvalue weighted by Gasteiger charge is 2.32. The number of aryl methyl sites for hydroxylation is 2. The van der Waals surface area contributed by atoms with Gasteiger partial charge in [-0.05, 0) is 49.4 Å². The predicted octanol–water partition coefficient (Wildman–Crippen LogP) is 6.75. The average Bonchev–Trinajstić information content (AvgIpc) is 3.17. The van der Waals surface area contributed by atoms with E-state index in [0.29, 0.717) is 11.8 Å². The maximum absolute atomic E-state index is 12.7. The van der Waals surface area contributed by atoms with Crippen LogP contribution < -0.4 is 4.90 Å². The molecule has 1 atom stereocenters. The number of aliphatic imine (C=N–C) groups is 1. The Kier molecular flexibility index (Phi) is 5.76. The van der Waals surface area contributed by atoms with Gasteiger partial charge < -0.3 is 4.90 Å². The van der Waals surface area contributed by atoms with Crippen molar-refractivity contribution in [2.24, 2.45) is 4.99 Å². The SMILES string of the molecule is [2H]C1=NC(CC)N(CCCc2ccc(-c3ccc(C(F)(F)F)nc3)cc2)c2sc(C)cc21. The van der Waals surface area contributed by atoms with E-state index in [2.05, 4.69) is 28.7 Å². The van der Waals surface area contributed by atoms with Crippen LogP contribution >= 0.6 is 11.3 Å². The highest BCUT2D eigenvalue weighted by atomic mass is 32.1. The number of hydrogen-bond acceptors (Lipinski definition) is 4. The normalized spacial score (nSPS) is 16.7. The number of rotatable bonds is 6. The summed E-state index contributed by atoms with van der Waals surface area (Å²) < 4.78 is 46.3. The molecule has 1 aromatic carbocycles. The molecule has 3 aromatic rings. The third kappa shape index (κ3) is 4.82. The molecule has 7 heteroatoms. The number of nitrogens with zero attached hydrogens (tertiary/aromatic N) is 3. The summed E-state index contributed by atoms with van der Waals surface area (Å²) in [5.41, 5.74) is 2.71. The molecule has 4 rings (SSSR count).